The number of nitrogens with zero attached hydrogens (tertiary/aromatic N) is 1. The van der Waals surface area contributed by atoms with Crippen molar-refractivity contribution in [2.45, 2.75) is 0 Å². The van der Waals surface area contributed by atoms with Gasteiger partial charge in [0.2, 0.25) is 0 Å². The van der Waals surface area contributed by atoms with Gasteiger partial charge in [-0.3, -0.25) is 0 Å². The lowest BCUT2D eigenvalue weighted by atomic mass is 9.96. The summed E-state index contributed by atoms with van der Waals surface area (Å²) in [5.41, 5.74) is 3.43. The van der Waals surface area contributed by atoms with Crippen LogP contribution in [0.3, 0.4) is 0 Å². The van der Waals surface area contributed by atoms with E-state index in [1.807, 2.05) is 0 Å². The molecule has 0 aromatic heterocycles. The second-order valence-corrected chi connectivity index (χ2v) is 11.4. The maximum absolute atomic E-state index is 2.40. The first-order chi connectivity index (χ1) is 21.3. The van der Waals surface area contributed by atoms with Crippen LogP contribution in [0.15, 0.2) is 164 Å². The molecule has 0 aliphatic heterocycles. The fraction of sp³-hybridized carbons (Fsp3) is 0. The van der Waals surface area contributed by atoms with Gasteiger partial charge in [0.1, 0.15) is 0 Å². The Morgan fingerprint density at radius 2 is 0.628 bits per heavy atom. The summed E-state index contributed by atoms with van der Waals surface area (Å²) < 4.78 is 0. The lowest BCUT2D eigenvalue weighted by Crippen LogP contribution is -2.10. The van der Waals surface area contributed by atoms with Crippen LogP contribution in [0.25, 0.3) is 64.6 Å². The molecule has 0 bridgehead atoms. The maximum atomic E-state index is 2.40. The van der Waals surface area contributed by atoms with E-state index in [2.05, 4.69) is 169 Å². The molecule has 0 spiro atoms. The molecule has 43 heavy (non-hydrogen) atoms. The fourth-order valence-electron chi connectivity index (χ4n) is 6.85. The molecular weight excluding hydrogens is 518 g/mol. The highest BCUT2D eigenvalue weighted by Crippen LogP contribution is 2.41. The smallest absolute Gasteiger partial charge is 0.0468 e. The van der Waals surface area contributed by atoms with Gasteiger partial charge in [-0.15, -0.1) is 0 Å². The van der Waals surface area contributed by atoms with Gasteiger partial charge >= 0.3 is 0 Å². The normalized spacial score (nSPS) is 11.7. The van der Waals surface area contributed by atoms with Crippen LogP contribution in [-0.4, -0.2) is 0 Å². The van der Waals surface area contributed by atoms with Gasteiger partial charge in [-0.1, -0.05) is 127 Å². The molecule has 0 aliphatic rings. The first-order valence-electron chi connectivity index (χ1n) is 14.8. The molecule has 9 aromatic rings. The highest BCUT2D eigenvalue weighted by Gasteiger charge is 2.16. The van der Waals surface area contributed by atoms with Gasteiger partial charge < -0.3 is 4.90 Å². The van der Waals surface area contributed by atoms with Crippen molar-refractivity contribution in [2.75, 3.05) is 4.90 Å². The molecule has 9 aromatic carbocycles. The second-order valence-electron chi connectivity index (χ2n) is 11.4. The van der Waals surface area contributed by atoms with Gasteiger partial charge in [-0.25, -0.2) is 0 Å². The summed E-state index contributed by atoms with van der Waals surface area (Å²) in [6.45, 7) is 0. The summed E-state index contributed by atoms with van der Waals surface area (Å²) in [7, 11) is 0. The van der Waals surface area contributed by atoms with Gasteiger partial charge in [0.25, 0.3) is 0 Å². The van der Waals surface area contributed by atoms with Crippen molar-refractivity contribution in [2.24, 2.45) is 0 Å². The van der Waals surface area contributed by atoms with Crippen LogP contribution in [0.1, 0.15) is 0 Å². The first-order valence-corrected chi connectivity index (χ1v) is 14.8. The van der Waals surface area contributed by atoms with Crippen molar-refractivity contribution in [3.8, 4) is 0 Å². The Kier molecular flexibility index (Phi) is 5.27. The Labute approximate surface area is 249 Å². The van der Waals surface area contributed by atoms with Gasteiger partial charge in [-0.2, -0.15) is 0 Å². The average Bonchev–Trinajstić information content (AvgIpc) is 3.08. The van der Waals surface area contributed by atoms with E-state index in [0.717, 1.165) is 17.1 Å². The Bertz CT molecular complexity index is 2520. The summed E-state index contributed by atoms with van der Waals surface area (Å²) in [4.78, 5) is 2.40. The molecule has 0 unspecified atom stereocenters. The summed E-state index contributed by atoms with van der Waals surface area (Å²) in [5.74, 6) is 0. The van der Waals surface area contributed by atoms with Crippen molar-refractivity contribution in [3.63, 3.8) is 0 Å². The number of benzene rings is 9. The zero-order valence-corrected chi connectivity index (χ0v) is 23.5. The van der Waals surface area contributed by atoms with Crippen LogP contribution in [0, 0.1) is 0 Å². The van der Waals surface area contributed by atoms with Crippen LogP contribution < -0.4 is 4.90 Å². The number of hydrogen-bond acceptors (Lipinski definition) is 1. The molecular formula is C42H27N. The van der Waals surface area contributed by atoms with Crippen molar-refractivity contribution in [1.29, 1.82) is 0 Å². The summed E-state index contributed by atoms with van der Waals surface area (Å²) in [6, 6.07) is 60.0. The molecule has 0 atom stereocenters. The third kappa shape index (κ3) is 3.86. The Balaban J connectivity index is 1.30. The lowest BCUT2D eigenvalue weighted by Gasteiger charge is -2.27. The molecule has 1 heteroatoms. The molecule has 0 saturated carbocycles. The number of hydrogen-bond donors (Lipinski definition) is 0. The average molecular weight is 546 g/mol. The SMILES string of the molecule is c1ccc2cc(N(c3ccc4c(ccc5ccccc54)c3)c3ccc4ccc5c6ccccc6ccc5c4c3)ccc2c1. The van der Waals surface area contributed by atoms with E-state index >= 15 is 0 Å². The van der Waals surface area contributed by atoms with E-state index in [4.69, 9.17) is 0 Å². The van der Waals surface area contributed by atoms with Crippen molar-refractivity contribution in [3.05, 3.63) is 164 Å². The minimum atomic E-state index is 1.14. The van der Waals surface area contributed by atoms with E-state index in [1.54, 1.807) is 0 Å². The van der Waals surface area contributed by atoms with Crippen LogP contribution in [0.4, 0.5) is 17.1 Å². The van der Waals surface area contributed by atoms with Gasteiger partial charge in [-0.05, 0) is 101 Å². The second kappa shape index (κ2) is 9.44. The summed E-state index contributed by atoms with van der Waals surface area (Å²) in [5, 5.41) is 15.2. The minimum absolute atomic E-state index is 1.14. The van der Waals surface area contributed by atoms with Crippen molar-refractivity contribution in [1.82, 2.24) is 0 Å². The number of fused-ring (bicyclic) bond motifs is 9. The molecule has 0 amide bonds. The summed E-state index contributed by atoms with van der Waals surface area (Å²) in [6.07, 6.45) is 0. The first kappa shape index (κ1) is 24.0. The van der Waals surface area contributed by atoms with Crippen LogP contribution in [0.2, 0.25) is 0 Å². The fourth-order valence-corrected chi connectivity index (χ4v) is 6.85. The number of rotatable bonds is 3. The van der Waals surface area contributed by atoms with E-state index in [-0.39, 0.29) is 0 Å². The van der Waals surface area contributed by atoms with Gasteiger partial charge in [0.15, 0.2) is 0 Å². The summed E-state index contributed by atoms with van der Waals surface area (Å²) >= 11 is 0. The molecule has 0 fully saturated rings. The standard InChI is InChI=1S/C42H27N/c1-2-10-32-25-34(19-15-28(32)7-1)43(35-21-24-39-33(26-35)14-13-29-8-3-5-11-37(29)39)36-20-16-31-18-22-40-38-12-6-4-9-30(38)17-23-41(40)42(31)27-36/h1-27H. The van der Waals surface area contributed by atoms with E-state index in [1.165, 1.54) is 64.6 Å². The molecule has 0 N–H and O–H groups in total. The van der Waals surface area contributed by atoms with Crippen molar-refractivity contribution < 1.29 is 0 Å². The minimum Gasteiger partial charge on any atom is -0.310 e. The Morgan fingerprint density at radius 3 is 1.37 bits per heavy atom. The third-order valence-corrected chi connectivity index (χ3v) is 8.96. The third-order valence-electron chi connectivity index (χ3n) is 8.96. The molecule has 0 radical (unpaired) electrons. The van der Waals surface area contributed by atoms with Crippen molar-refractivity contribution >= 4 is 81.7 Å². The predicted octanol–water partition coefficient (Wildman–Crippen LogP) is 12.1. The highest BCUT2D eigenvalue weighted by molar-refractivity contribution is 6.18. The van der Waals surface area contributed by atoms with Gasteiger partial charge in [0, 0.05) is 17.1 Å². The quantitative estimate of drug-likeness (QED) is 0.200. The molecule has 200 valence electrons. The van der Waals surface area contributed by atoms with Gasteiger partial charge in [0.05, 0.1) is 0 Å². The molecule has 9 rings (SSSR count). The Morgan fingerprint density at radius 1 is 0.233 bits per heavy atom. The molecule has 0 heterocycles. The molecule has 0 saturated heterocycles. The van der Waals surface area contributed by atoms with E-state index < -0.39 is 0 Å². The van der Waals surface area contributed by atoms with E-state index in [9.17, 15) is 0 Å². The van der Waals surface area contributed by atoms with Crippen LogP contribution >= 0.6 is 0 Å². The topological polar surface area (TPSA) is 3.24 Å². The number of anilines is 3. The predicted molar refractivity (Wildman–Crippen MR) is 186 cm³/mol. The zero-order valence-electron chi connectivity index (χ0n) is 23.5. The highest BCUT2D eigenvalue weighted by atomic mass is 15.1. The monoisotopic (exact) mass is 545 g/mol. The van der Waals surface area contributed by atoms with Crippen LogP contribution in [0.5, 0.6) is 0 Å². The Hall–Kier alpha value is -5.66. The largest absolute Gasteiger partial charge is 0.310 e. The molecule has 0 aliphatic carbocycles. The maximum Gasteiger partial charge on any atom is 0.0468 e. The van der Waals surface area contributed by atoms with E-state index in [0.29, 0.717) is 0 Å². The molecule has 1 nitrogen and oxygen atoms in total. The van der Waals surface area contributed by atoms with Crippen LogP contribution in [-0.2, 0) is 0 Å². The lowest BCUT2D eigenvalue weighted by molar-refractivity contribution is 1.30. The zero-order chi connectivity index (χ0) is 28.3.